The summed E-state index contributed by atoms with van der Waals surface area (Å²) in [6.45, 7) is 1.01. The van der Waals surface area contributed by atoms with Gasteiger partial charge in [0, 0.05) is 52.0 Å². The highest BCUT2D eigenvalue weighted by atomic mass is 15.0. The third-order valence-corrected chi connectivity index (χ3v) is 6.13. The van der Waals surface area contributed by atoms with E-state index in [1.165, 1.54) is 49.5 Å². The monoisotopic (exact) mass is 351 g/mol. The van der Waals surface area contributed by atoms with Gasteiger partial charge in [0.25, 0.3) is 0 Å². The zero-order chi connectivity index (χ0) is 18.0. The molecule has 0 amide bonds. The first-order chi connectivity index (χ1) is 13.3. The Bertz CT molecular complexity index is 1320. The van der Waals surface area contributed by atoms with Crippen molar-refractivity contribution in [2.24, 2.45) is 7.05 Å². The summed E-state index contributed by atoms with van der Waals surface area (Å²) in [5, 5.41) is 7.75. The number of aromatic nitrogens is 2. The van der Waals surface area contributed by atoms with Crippen molar-refractivity contribution in [1.82, 2.24) is 14.9 Å². The first-order valence-electron chi connectivity index (χ1n) is 9.61. The SMILES string of the molecule is Cn1c2ccccc2c2cc([C@H]3NCCc4c3[nH]c3ccccc43)ccc21. The first kappa shape index (κ1) is 15.1. The van der Waals surface area contributed by atoms with Crippen molar-refractivity contribution >= 4 is 32.7 Å². The summed E-state index contributed by atoms with van der Waals surface area (Å²) >= 11 is 0. The molecule has 132 valence electrons. The maximum absolute atomic E-state index is 3.73. The summed E-state index contributed by atoms with van der Waals surface area (Å²) in [4.78, 5) is 3.69. The smallest absolute Gasteiger partial charge is 0.0732 e. The molecule has 3 nitrogen and oxygen atoms in total. The molecule has 3 aromatic carbocycles. The van der Waals surface area contributed by atoms with Crippen molar-refractivity contribution in [2.45, 2.75) is 12.5 Å². The highest BCUT2D eigenvalue weighted by molar-refractivity contribution is 6.08. The molecule has 1 atom stereocenters. The average molecular weight is 351 g/mol. The molecule has 0 aliphatic carbocycles. The topological polar surface area (TPSA) is 32.8 Å². The molecule has 0 saturated carbocycles. The fraction of sp³-hybridized carbons (Fsp3) is 0.167. The van der Waals surface area contributed by atoms with Crippen LogP contribution < -0.4 is 5.32 Å². The van der Waals surface area contributed by atoms with Gasteiger partial charge in [-0.05, 0) is 41.8 Å². The molecule has 1 aliphatic heterocycles. The van der Waals surface area contributed by atoms with E-state index in [1.54, 1.807) is 0 Å². The molecule has 1 aliphatic rings. The number of benzene rings is 3. The summed E-state index contributed by atoms with van der Waals surface area (Å²) in [6.07, 6.45) is 1.08. The zero-order valence-corrected chi connectivity index (χ0v) is 15.3. The van der Waals surface area contributed by atoms with Crippen molar-refractivity contribution in [2.75, 3.05) is 6.54 Å². The number of H-pyrrole nitrogens is 1. The Hall–Kier alpha value is -3.04. The van der Waals surface area contributed by atoms with E-state index >= 15 is 0 Å². The van der Waals surface area contributed by atoms with Crippen LogP contribution in [0.1, 0.15) is 22.9 Å². The molecule has 0 radical (unpaired) electrons. The van der Waals surface area contributed by atoms with Gasteiger partial charge < -0.3 is 14.9 Å². The number of hydrogen-bond donors (Lipinski definition) is 2. The fourth-order valence-electron chi connectivity index (χ4n) is 4.83. The third-order valence-electron chi connectivity index (χ3n) is 6.13. The molecule has 6 rings (SSSR count). The normalized spacial score (nSPS) is 17.0. The molecule has 2 aromatic heterocycles. The van der Waals surface area contributed by atoms with Crippen LogP contribution in [-0.2, 0) is 13.5 Å². The molecular weight excluding hydrogens is 330 g/mol. The molecule has 0 bridgehead atoms. The van der Waals surface area contributed by atoms with Crippen LogP contribution >= 0.6 is 0 Å². The van der Waals surface area contributed by atoms with Crippen LogP contribution in [0.2, 0.25) is 0 Å². The summed E-state index contributed by atoms with van der Waals surface area (Å²) < 4.78 is 2.29. The number of aromatic amines is 1. The van der Waals surface area contributed by atoms with E-state index in [9.17, 15) is 0 Å². The quantitative estimate of drug-likeness (QED) is 0.435. The van der Waals surface area contributed by atoms with Gasteiger partial charge in [0.15, 0.2) is 0 Å². The predicted molar refractivity (Wildman–Crippen MR) is 112 cm³/mol. The van der Waals surface area contributed by atoms with Crippen molar-refractivity contribution in [1.29, 1.82) is 0 Å². The zero-order valence-electron chi connectivity index (χ0n) is 15.3. The largest absolute Gasteiger partial charge is 0.357 e. The summed E-state index contributed by atoms with van der Waals surface area (Å²) in [5.41, 5.74) is 7.92. The molecule has 3 heteroatoms. The van der Waals surface area contributed by atoms with E-state index in [1.807, 2.05) is 0 Å². The van der Waals surface area contributed by atoms with Crippen LogP contribution in [0.5, 0.6) is 0 Å². The molecule has 0 unspecified atom stereocenters. The number of nitrogens with one attached hydrogen (secondary N) is 2. The number of para-hydroxylation sites is 2. The Kier molecular flexibility index (Phi) is 3.06. The lowest BCUT2D eigenvalue weighted by molar-refractivity contribution is 0.561. The van der Waals surface area contributed by atoms with Gasteiger partial charge in [0.2, 0.25) is 0 Å². The van der Waals surface area contributed by atoms with Gasteiger partial charge >= 0.3 is 0 Å². The van der Waals surface area contributed by atoms with Crippen molar-refractivity contribution < 1.29 is 0 Å². The van der Waals surface area contributed by atoms with Gasteiger partial charge in [-0.2, -0.15) is 0 Å². The number of hydrogen-bond acceptors (Lipinski definition) is 1. The maximum atomic E-state index is 3.73. The van der Waals surface area contributed by atoms with Gasteiger partial charge in [0.05, 0.1) is 6.04 Å². The van der Waals surface area contributed by atoms with Gasteiger partial charge in [-0.25, -0.2) is 0 Å². The Morgan fingerprint density at radius 3 is 2.56 bits per heavy atom. The Labute approximate surface area is 157 Å². The Balaban J connectivity index is 1.58. The third kappa shape index (κ3) is 2.06. The molecule has 0 saturated heterocycles. The first-order valence-corrected chi connectivity index (χ1v) is 9.61. The van der Waals surface area contributed by atoms with E-state index in [0.29, 0.717) is 0 Å². The van der Waals surface area contributed by atoms with E-state index < -0.39 is 0 Å². The van der Waals surface area contributed by atoms with E-state index in [2.05, 4.69) is 88.6 Å². The molecule has 2 N–H and O–H groups in total. The Morgan fingerprint density at radius 2 is 1.63 bits per heavy atom. The highest BCUT2D eigenvalue weighted by Crippen LogP contribution is 2.36. The lowest BCUT2D eigenvalue weighted by atomic mass is 9.93. The van der Waals surface area contributed by atoms with E-state index in [0.717, 1.165) is 13.0 Å². The summed E-state index contributed by atoms with van der Waals surface area (Å²) in [5.74, 6) is 0. The van der Waals surface area contributed by atoms with Crippen LogP contribution in [0, 0.1) is 0 Å². The average Bonchev–Trinajstić information content (AvgIpc) is 3.24. The molecule has 0 fully saturated rings. The minimum Gasteiger partial charge on any atom is -0.357 e. The maximum Gasteiger partial charge on any atom is 0.0732 e. The summed E-state index contributed by atoms with van der Waals surface area (Å²) in [6, 6.07) is 24.4. The van der Waals surface area contributed by atoms with Crippen LogP contribution in [0.15, 0.2) is 66.7 Å². The molecular formula is C24H21N3. The van der Waals surface area contributed by atoms with Crippen LogP contribution in [0.4, 0.5) is 0 Å². The Morgan fingerprint density at radius 1 is 0.852 bits per heavy atom. The van der Waals surface area contributed by atoms with Gasteiger partial charge in [0.1, 0.15) is 0 Å². The van der Waals surface area contributed by atoms with Crippen LogP contribution in [0.3, 0.4) is 0 Å². The van der Waals surface area contributed by atoms with E-state index in [4.69, 9.17) is 0 Å². The predicted octanol–water partition coefficient (Wildman–Crippen LogP) is 5.05. The number of fused-ring (bicyclic) bond motifs is 6. The minimum absolute atomic E-state index is 0.213. The fourth-order valence-corrected chi connectivity index (χ4v) is 4.83. The minimum atomic E-state index is 0.213. The summed E-state index contributed by atoms with van der Waals surface area (Å²) in [7, 11) is 2.15. The second kappa shape index (κ2) is 5.48. The van der Waals surface area contributed by atoms with Crippen LogP contribution in [-0.4, -0.2) is 16.1 Å². The standard InChI is InChI=1S/C24H21N3/c1-27-21-9-5-3-7-17(21)19-14-15(10-11-22(19)27)23-24-18(12-13-25-23)16-6-2-4-8-20(16)26-24/h2-11,14,23,25-26H,12-13H2,1H3/t23-/m1/s1. The van der Waals surface area contributed by atoms with Crippen LogP contribution in [0.25, 0.3) is 32.7 Å². The number of nitrogens with zero attached hydrogens (tertiary/aromatic N) is 1. The van der Waals surface area contributed by atoms with E-state index in [-0.39, 0.29) is 6.04 Å². The molecule has 5 aromatic rings. The highest BCUT2D eigenvalue weighted by Gasteiger charge is 2.25. The second-order valence-corrected chi connectivity index (χ2v) is 7.55. The lowest BCUT2D eigenvalue weighted by Gasteiger charge is -2.25. The molecule has 27 heavy (non-hydrogen) atoms. The van der Waals surface area contributed by atoms with Crippen molar-refractivity contribution in [3.05, 3.63) is 83.6 Å². The van der Waals surface area contributed by atoms with Gasteiger partial charge in [-0.3, -0.25) is 0 Å². The van der Waals surface area contributed by atoms with Gasteiger partial charge in [-0.15, -0.1) is 0 Å². The van der Waals surface area contributed by atoms with Crippen molar-refractivity contribution in [3.8, 4) is 0 Å². The molecule has 3 heterocycles. The van der Waals surface area contributed by atoms with Gasteiger partial charge in [-0.1, -0.05) is 42.5 Å². The second-order valence-electron chi connectivity index (χ2n) is 7.55. The molecule has 0 spiro atoms. The number of rotatable bonds is 1. The lowest BCUT2D eigenvalue weighted by Crippen LogP contribution is -2.30. The number of aryl methyl sites for hydroxylation is 1. The van der Waals surface area contributed by atoms with Crippen molar-refractivity contribution in [3.63, 3.8) is 0 Å².